The van der Waals surface area contributed by atoms with Crippen LogP contribution < -0.4 is 4.74 Å². The number of alkyl halides is 5. The van der Waals surface area contributed by atoms with Gasteiger partial charge in [-0.05, 0) is 12.1 Å². The molecule has 0 saturated carbocycles. The van der Waals surface area contributed by atoms with Crippen LogP contribution in [0, 0.1) is 12.3 Å². The first kappa shape index (κ1) is 17.8. The molecule has 0 unspecified atom stereocenters. The maximum Gasteiger partial charge on any atom is 0.406 e. The summed E-state index contributed by atoms with van der Waals surface area (Å²) in [6.07, 6.45) is 0.248. The molecule has 8 heteroatoms. The van der Waals surface area contributed by atoms with Crippen molar-refractivity contribution in [1.29, 1.82) is 0 Å². The van der Waals surface area contributed by atoms with Gasteiger partial charge in [0.05, 0.1) is 5.56 Å². The second-order valence-corrected chi connectivity index (χ2v) is 4.17. The monoisotopic (exact) mass is 321 g/mol. The number of amides is 1. The molecular formula is C14H12F5NO2. The fourth-order valence-corrected chi connectivity index (χ4v) is 1.68. The first-order chi connectivity index (χ1) is 10.2. The first-order valence-corrected chi connectivity index (χ1v) is 6.08. The van der Waals surface area contributed by atoms with Gasteiger partial charge in [0.2, 0.25) is 0 Å². The van der Waals surface area contributed by atoms with Crippen LogP contribution in [0.4, 0.5) is 22.0 Å². The minimum atomic E-state index is -4.64. The molecule has 0 N–H and O–H groups in total. The Hall–Kier alpha value is -2.30. The van der Waals surface area contributed by atoms with E-state index >= 15 is 0 Å². The Bertz CT molecular complexity index is 551. The maximum absolute atomic E-state index is 12.5. The standard InChI is InChI=1S/C14H12F5NO2/c1-2-3-8-20(9-14(17,18)19)12(21)10-6-4-5-7-11(10)22-13(15)16/h1,4-7,13H,3,8-9H2. The minimum absolute atomic E-state index is 0.0975. The summed E-state index contributed by atoms with van der Waals surface area (Å²) < 4.78 is 66.3. The van der Waals surface area contributed by atoms with Crippen molar-refractivity contribution in [3.05, 3.63) is 29.8 Å². The number of nitrogens with zero attached hydrogens (tertiary/aromatic N) is 1. The number of carbonyl (C=O) groups is 1. The molecule has 1 aromatic rings. The van der Waals surface area contributed by atoms with Crippen LogP contribution in [-0.4, -0.2) is 36.7 Å². The number of rotatable bonds is 6. The molecule has 1 amide bonds. The summed E-state index contributed by atoms with van der Waals surface area (Å²) in [6, 6.07) is 4.84. The van der Waals surface area contributed by atoms with Crippen LogP contribution in [0.15, 0.2) is 24.3 Å². The minimum Gasteiger partial charge on any atom is -0.434 e. The number of ether oxygens (including phenoxy) is 1. The predicted molar refractivity (Wildman–Crippen MR) is 68.5 cm³/mol. The molecule has 1 aromatic carbocycles. The number of halogens is 5. The molecule has 1 rings (SSSR count). The van der Waals surface area contributed by atoms with Gasteiger partial charge in [-0.15, -0.1) is 12.3 Å². The van der Waals surface area contributed by atoms with Gasteiger partial charge in [0, 0.05) is 13.0 Å². The largest absolute Gasteiger partial charge is 0.434 e. The average Bonchev–Trinajstić information content (AvgIpc) is 2.41. The van der Waals surface area contributed by atoms with Gasteiger partial charge in [0.15, 0.2) is 0 Å². The van der Waals surface area contributed by atoms with E-state index in [-0.39, 0.29) is 18.5 Å². The van der Waals surface area contributed by atoms with Crippen molar-refractivity contribution in [3.63, 3.8) is 0 Å². The highest BCUT2D eigenvalue weighted by Gasteiger charge is 2.34. The summed E-state index contributed by atoms with van der Waals surface area (Å²) in [6.45, 7) is -5.08. The van der Waals surface area contributed by atoms with Crippen molar-refractivity contribution in [1.82, 2.24) is 4.90 Å². The summed E-state index contributed by atoms with van der Waals surface area (Å²) >= 11 is 0. The molecule has 0 aliphatic rings. The lowest BCUT2D eigenvalue weighted by Crippen LogP contribution is -2.39. The van der Waals surface area contributed by atoms with E-state index in [1.807, 2.05) is 0 Å². The normalized spacial score (nSPS) is 11.1. The number of para-hydroxylation sites is 1. The van der Waals surface area contributed by atoms with E-state index in [1.165, 1.54) is 12.1 Å². The number of hydrogen-bond donors (Lipinski definition) is 0. The molecular weight excluding hydrogens is 309 g/mol. The van der Waals surface area contributed by atoms with Crippen LogP contribution in [0.1, 0.15) is 16.8 Å². The highest BCUT2D eigenvalue weighted by Crippen LogP contribution is 2.24. The Morgan fingerprint density at radius 1 is 1.32 bits per heavy atom. The van der Waals surface area contributed by atoms with Gasteiger partial charge >= 0.3 is 12.8 Å². The van der Waals surface area contributed by atoms with Crippen molar-refractivity contribution >= 4 is 5.91 Å². The lowest BCUT2D eigenvalue weighted by Gasteiger charge is -2.24. The summed E-state index contributed by atoms with van der Waals surface area (Å²) in [5.74, 6) is 0.554. The van der Waals surface area contributed by atoms with Crippen LogP contribution in [-0.2, 0) is 0 Å². The van der Waals surface area contributed by atoms with Crippen LogP contribution in [0.2, 0.25) is 0 Å². The van der Waals surface area contributed by atoms with Gasteiger partial charge in [-0.2, -0.15) is 22.0 Å². The molecule has 0 fully saturated rings. The summed E-state index contributed by atoms with van der Waals surface area (Å²) in [5.41, 5.74) is -0.385. The third-order valence-electron chi connectivity index (χ3n) is 2.52. The summed E-state index contributed by atoms with van der Waals surface area (Å²) in [7, 11) is 0. The van der Waals surface area contributed by atoms with Gasteiger partial charge in [-0.25, -0.2) is 0 Å². The summed E-state index contributed by atoms with van der Waals surface area (Å²) in [4.78, 5) is 12.6. The zero-order chi connectivity index (χ0) is 16.8. The molecule has 0 radical (unpaired) electrons. The Kier molecular flexibility index (Phi) is 6.16. The molecule has 0 aromatic heterocycles. The van der Waals surface area contributed by atoms with Crippen molar-refractivity contribution in [2.24, 2.45) is 0 Å². The molecule has 22 heavy (non-hydrogen) atoms. The van der Waals surface area contributed by atoms with E-state index in [1.54, 1.807) is 0 Å². The number of terminal acetylenes is 1. The lowest BCUT2D eigenvalue weighted by atomic mass is 10.1. The van der Waals surface area contributed by atoms with Crippen molar-refractivity contribution in [2.45, 2.75) is 19.2 Å². The van der Waals surface area contributed by atoms with Crippen molar-refractivity contribution in [3.8, 4) is 18.1 Å². The highest BCUT2D eigenvalue weighted by molar-refractivity contribution is 5.97. The molecule has 0 saturated heterocycles. The predicted octanol–water partition coefficient (Wildman–Crippen LogP) is 3.32. The number of carbonyl (C=O) groups excluding carboxylic acids is 1. The van der Waals surface area contributed by atoms with Crippen LogP contribution in [0.5, 0.6) is 5.75 Å². The third kappa shape index (κ3) is 5.60. The second-order valence-electron chi connectivity index (χ2n) is 4.17. The Labute approximate surface area is 123 Å². The molecule has 0 atom stereocenters. The van der Waals surface area contributed by atoms with E-state index in [4.69, 9.17) is 6.42 Å². The van der Waals surface area contributed by atoms with Gasteiger partial charge in [0.25, 0.3) is 5.91 Å². The van der Waals surface area contributed by atoms with Gasteiger partial charge in [-0.1, -0.05) is 12.1 Å². The Morgan fingerprint density at radius 2 is 1.95 bits per heavy atom. The molecule has 120 valence electrons. The summed E-state index contributed by atoms with van der Waals surface area (Å²) in [5, 5.41) is 0. The highest BCUT2D eigenvalue weighted by atomic mass is 19.4. The fraction of sp³-hybridized carbons (Fsp3) is 0.357. The van der Waals surface area contributed by atoms with E-state index in [0.717, 1.165) is 12.1 Å². The van der Waals surface area contributed by atoms with Crippen LogP contribution >= 0.6 is 0 Å². The molecule has 0 spiro atoms. The molecule has 0 aliphatic heterocycles. The van der Waals surface area contributed by atoms with E-state index < -0.39 is 31.0 Å². The van der Waals surface area contributed by atoms with E-state index in [2.05, 4.69) is 10.7 Å². The fourth-order valence-electron chi connectivity index (χ4n) is 1.68. The van der Waals surface area contributed by atoms with E-state index in [9.17, 15) is 26.7 Å². The molecule has 3 nitrogen and oxygen atoms in total. The van der Waals surface area contributed by atoms with Gasteiger partial charge in [0.1, 0.15) is 12.3 Å². The molecule has 0 aliphatic carbocycles. The molecule has 0 heterocycles. The van der Waals surface area contributed by atoms with Crippen molar-refractivity contribution < 1.29 is 31.5 Å². The number of benzene rings is 1. The topological polar surface area (TPSA) is 29.5 Å². The Balaban J connectivity index is 3.05. The SMILES string of the molecule is C#CCCN(CC(F)(F)F)C(=O)c1ccccc1OC(F)F. The second kappa shape index (κ2) is 7.64. The number of hydrogen-bond acceptors (Lipinski definition) is 2. The van der Waals surface area contributed by atoms with Gasteiger partial charge in [-0.3, -0.25) is 4.79 Å². The first-order valence-electron chi connectivity index (χ1n) is 6.08. The molecule has 0 bridgehead atoms. The van der Waals surface area contributed by atoms with Crippen LogP contribution in [0.3, 0.4) is 0 Å². The maximum atomic E-state index is 12.5. The lowest BCUT2D eigenvalue weighted by molar-refractivity contribution is -0.140. The zero-order valence-corrected chi connectivity index (χ0v) is 11.2. The quantitative estimate of drug-likeness (QED) is 0.594. The van der Waals surface area contributed by atoms with Gasteiger partial charge < -0.3 is 9.64 Å². The van der Waals surface area contributed by atoms with E-state index in [0.29, 0.717) is 4.90 Å². The third-order valence-corrected chi connectivity index (χ3v) is 2.52. The average molecular weight is 321 g/mol. The Morgan fingerprint density at radius 3 is 2.50 bits per heavy atom. The zero-order valence-electron chi connectivity index (χ0n) is 11.2. The smallest absolute Gasteiger partial charge is 0.406 e. The van der Waals surface area contributed by atoms with Crippen molar-refractivity contribution in [2.75, 3.05) is 13.1 Å². The van der Waals surface area contributed by atoms with Crippen LogP contribution in [0.25, 0.3) is 0 Å².